The molecule has 0 amide bonds. The number of nitrogens with one attached hydrogen (secondary N) is 1. The average Bonchev–Trinajstić information content (AvgIpc) is 1.91. The summed E-state index contributed by atoms with van der Waals surface area (Å²) in [5.74, 6) is 0.992. The second-order valence-corrected chi connectivity index (χ2v) is 2.74. The van der Waals surface area contributed by atoms with Gasteiger partial charge < -0.3 is 5.32 Å². The van der Waals surface area contributed by atoms with Gasteiger partial charge in [-0.25, -0.2) is 0 Å². The molecule has 1 nitrogen and oxygen atoms in total. The minimum Gasteiger partial charge on any atom is -0.313 e. The first-order valence-electron chi connectivity index (χ1n) is 3.43. The summed E-state index contributed by atoms with van der Waals surface area (Å²) in [6.45, 7) is 2.21. The summed E-state index contributed by atoms with van der Waals surface area (Å²) >= 11 is 4.17. The molecule has 1 aliphatic rings. The number of rotatable bonds is 2. The van der Waals surface area contributed by atoms with Crippen LogP contribution in [0.5, 0.6) is 0 Å². The van der Waals surface area contributed by atoms with E-state index in [2.05, 4.69) is 24.0 Å². The van der Waals surface area contributed by atoms with Crippen LogP contribution in [0, 0.1) is 0 Å². The molecule has 0 unspecified atom stereocenters. The molecule has 1 rings (SSSR count). The summed E-state index contributed by atoms with van der Waals surface area (Å²) in [5.41, 5.74) is 1.57. The molecule has 0 aromatic carbocycles. The third kappa shape index (κ3) is 2.41. The van der Waals surface area contributed by atoms with Crippen molar-refractivity contribution in [3.05, 3.63) is 11.6 Å². The molecule has 1 aliphatic heterocycles. The van der Waals surface area contributed by atoms with E-state index < -0.39 is 0 Å². The number of hydrogen-bond acceptors (Lipinski definition) is 2. The predicted molar refractivity (Wildman–Crippen MR) is 44.0 cm³/mol. The van der Waals surface area contributed by atoms with Crippen LogP contribution in [0.1, 0.15) is 12.8 Å². The lowest BCUT2D eigenvalue weighted by Gasteiger charge is -2.12. The van der Waals surface area contributed by atoms with E-state index in [1.807, 2.05) is 0 Å². The molecule has 52 valence electrons. The number of hydrogen-bond donors (Lipinski definition) is 2. The smallest absolute Gasteiger partial charge is 0.0137 e. The van der Waals surface area contributed by atoms with Crippen LogP contribution in [-0.4, -0.2) is 18.8 Å². The Morgan fingerprint density at radius 1 is 1.67 bits per heavy atom. The SMILES string of the molecule is SCCC1=CCNCC1. The highest BCUT2D eigenvalue weighted by Gasteiger charge is 1.99. The van der Waals surface area contributed by atoms with E-state index >= 15 is 0 Å². The molecule has 0 radical (unpaired) electrons. The van der Waals surface area contributed by atoms with Gasteiger partial charge in [-0.1, -0.05) is 11.6 Å². The molecular formula is C7H13NS. The molecule has 1 N–H and O–H groups in total. The summed E-state index contributed by atoms with van der Waals surface area (Å²) in [7, 11) is 0. The van der Waals surface area contributed by atoms with Gasteiger partial charge in [0.25, 0.3) is 0 Å². The molecule has 0 aliphatic carbocycles. The molecule has 2 heteroatoms. The molecule has 9 heavy (non-hydrogen) atoms. The Kier molecular flexibility index (Phi) is 3.15. The van der Waals surface area contributed by atoms with Crippen molar-refractivity contribution < 1.29 is 0 Å². The third-order valence-electron chi connectivity index (χ3n) is 1.59. The summed E-state index contributed by atoms with van der Waals surface area (Å²) in [6.07, 6.45) is 4.67. The Hall–Kier alpha value is 0.0500. The molecule has 0 saturated heterocycles. The van der Waals surface area contributed by atoms with Gasteiger partial charge in [-0.15, -0.1) is 0 Å². The first-order valence-corrected chi connectivity index (χ1v) is 4.06. The van der Waals surface area contributed by atoms with Gasteiger partial charge in [-0.2, -0.15) is 12.6 Å². The van der Waals surface area contributed by atoms with Crippen molar-refractivity contribution in [1.29, 1.82) is 0 Å². The van der Waals surface area contributed by atoms with Crippen molar-refractivity contribution in [3.63, 3.8) is 0 Å². The average molecular weight is 143 g/mol. The predicted octanol–water partition coefficient (Wildman–Crippen LogP) is 1.23. The van der Waals surface area contributed by atoms with Crippen molar-refractivity contribution in [2.24, 2.45) is 0 Å². The second kappa shape index (κ2) is 3.96. The minimum atomic E-state index is 0.992. The van der Waals surface area contributed by atoms with Crippen LogP contribution in [0.25, 0.3) is 0 Å². The first-order chi connectivity index (χ1) is 4.43. The maximum Gasteiger partial charge on any atom is 0.0137 e. The van der Waals surface area contributed by atoms with Crippen molar-refractivity contribution in [1.82, 2.24) is 5.32 Å². The lowest BCUT2D eigenvalue weighted by atomic mass is 10.1. The fraction of sp³-hybridized carbons (Fsp3) is 0.714. The van der Waals surface area contributed by atoms with Crippen LogP contribution in [-0.2, 0) is 0 Å². The van der Waals surface area contributed by atoms with Crippen molar-refractivity contribution in [3.8, 4) is 0 Å². The van der Waals surface area contributed by atoms with Crippen LogP contribution in [0.4, 0.5) is 0 Å². The van der Waals surface area contributed by atoms with Gasteiger partial charge >= 0.3 is 0 Å². The molecule has 0 bridgehead atoms. The fourth-order valence-electron chi connectivity index (χ4n) is 1.04. The Morgan fingerprint density at radius 2 is 2.56 bits per heavy atom. The zero-order valence-corrected chi connectivity index (χ0v) is 6.45. The quantitative estimate of drug-likeness (QED) is 0.437. The summed E-state index contributed by atoms with van der Waals surface area (Å²) in [4.78, 5) is 0. The van der Waals surface area contributed by atoms with E-state index in [-0.39, 0.29) is 0 Å². The van der Waals surface area contributed by atoms with E-state index in [0.29, 0.717) is 0 Å². The highest BCUT2D eigenvalue weighted by atomic mass is 32.1. The topological polar surface area (TPSA) is 12.0 Å². The Bertz CT molecular complexity index is 109. The van der Waals surface area contributed by atoms with E-state index in [9.17, 15) is 0 Å². The molecular weight excluding hydrogens is 130 g/mol. The normalized spacial score (nSPS) is 19.4. The zero-order chi connectivity index (χ0) is 6.53. The molecule has 1 heterocycles. The monoisotopic (exact) mass is 143 g/mol. The highest BCUT2D eigenvalue weighted by Crippen LogP contribution is 2.08. The van der Waals surface area contributed by atoms with E-state index in [4.69, 9.17) is 0 Å². The largest absolute Gasteiger partial charge is 0.313 e. The van der Waals surface area contributed by atoms with Crippen LogP contribution >= 0.6 is 12.6 Å². The first kappa shape index (κ1) is 7.16. The second-order valence-electron chi connectivity index (χ2n) is 2.29. The van der Waals surface area contributed by atoms with Crippen LogP contribution in [0.2, 0.25) is 0 Å². The summed E-state index contributed by atoms with van der Waals surface area (Å²) < 4.78 is 0. The van der Waals surface area contributed by atoms with Gasteiger partial charge in [0, 0.05) is 6.54 Å². The zero-order valence-electron chi connectivity index (χ0n) is 5.56. The van der Waals surface area contributed by atoms with Crippen LogP contribution < -0.4 is 5.32 Å². The molecule has 0 aromatic rings. The highest BCUT2D eigenvalue weighted by molar-refractivity contribution is 7.80. The summed E-state index contributed by atoms with van der Waals surface area (Å²) in [6, 6.07) is 0. The van der Waals surface area contributed by atoms with Gasteiger partial charge in [-0.3, -0.25) is 0 Å². The van der Waals surface area contributed by atoms with Gasteiger partial charge in [0.1, 0.15) is 0 Å². The Balaban J connectivity index is 2.28. The maximum atomic E-state index is 4.17. The fourth-order valence-corrected chi connectivity index (χ4v) is 1.33. The van der Waals surface area contributed by atoms with Crippen molar-refractivity contribution >= 4 is 12.6 Å². The number of thiol groups is 1. The van der Waals surface area contributed by atoms with E-state index in [0.717, 1.165) is 18.8 Å². The maximum absolute atomic E-state index is 4.17. The summed E-state index contributed by atoms with van der Waals surface area (Å²) in [5, 5.41) is 3.27. The Morgan fingerprint density at radius 3 is 3.11 bits per heavy atom. The van der Waals surface area contributed by atoms with Gasteiger partial charge in [-0.05, 0) is 25.1 Å². The van der Waals surface area contributed by atoms with Crippen LogP contribution in [0.15, 0.2) is 11.6 Å². The standard InChI is InChI=1S/C7H13NS/c9-6-3-7-1-4-8-5-2-7/h1,8-9H,2-6H2. The Labute approximate surface area is 61.9 Å². The van der Waals surface area contributed by atoms with E-state index in [1.165, 1.54) is 12.8 Å². The van der Waals surface area contributed by atoms with Crippen LogP contribution in [0.3, 0.4) is 0 Å². The molecule has 0 fully saturated rings. The molecule has 0 aromatic heterocycles. The molecule has 0 saturated carbocycles. The van der Waals surface area contributed by atoms with Gasteiger partial charge in [0.05, 0.1) is 0 Å². The van der Waals surface area contributed by atoms with Crippen molar-refractivity contribution in [2.75, 3.05) is 18.8 Å². The van der Waals surface area contributed by atoms with Gasteiger partial charge in [0.2, 0.25) is 0 Å². The lowest BCUT2D eigenvalue weighted by Crippen LogP contribution is -2.20. The molecule has 0 atom stereocenters. The lowest BCUT2D eigenvalue weighted by molar-refractivity contribution is 0.689. The van der Waals surface area contributed by atoms with E-state index in [1.54, 1.807) is 5.57 Å². The van der Waals surface area contributed by atoms with Crippen molar-refractivity contribution in [2.45, 2.75) is 12.8 Å². The molecule has 0 spiro atoms. The van der Waals surface area contributed by atoms with Gasteiger partial charge in [0.15, 0.2) is 0 Å². The minimum absolute atomic E-state index is 0.992. The third-order valence-corrected chi connectivity index (χ3v) is 1.81.